The van der Waals surface area contributed by atoms with Crippen LogP contribution in [0.1, 0.15) is 68.2 Å². The maximum absolute atomic E-state index is 4.83. The Balaban J connectivity index is 1.89. The molecule has 5 heteroatoms. The zero-order chi connectivity index (χ0) is 21.2. The minimum absolute atomic E-state index is 0.255. The van der Waals surface area contributed by atoms with Gasteiger partial charge in [-0.15, -0.1) is 0 Å². The van der Waals surface area contributed by atoms with Gasteiger partial charge in [0.05, 0.1) is 5.69 Å². The first kappa shape index (κ1) is 21.8. The second-order valence-electron chi connectivity index (χ2n) is 7.88. The monoisotopic (exact) mass is 403 g/mol. The summed E-state index contributed by atoms with van der Waals surface area (Å²) in [5.41, 5.74) is 4.34. The standard InChI is InChI=1S/C25H33N5/c1-4-20(22-15-19(3)17-27-18-22)16-21(11-13-26-5-2)24-12-14-28-25(30-24)29-23-9-7-6-8-10-23/h5,11-18,20,23,26H,2,4,6-10H2,1,3H3,(H,28,29,30)/b13-11-,21-16+. The molecule has 1 unspecified atom stereocenters. The number of aromatic nitrogens is 3. The van der Waals surface area contributed by atoms with Crippen molar-refractivity contribution in [2.24, 2.45) is 0 Å². The van der Waals surface area contributed by atoms with E-state index in [1.165, 1.54) is 43.2 Å². The average Bonchev–Trinajstić information content (AvgIpc) is 2.77. The van der Waals surface area contributed by atoms with Crippen LogP contribution in [0, 0.1) is 6.92 Å². The normalized spacial score (nSPS) is 16.4. The highest BCUT2D eigenvalue weighted by molar-refractivity contribution is 5.72. The highest BCUT2D eigenvalue weighted by atomic mass is 15.1. The molecule has 0 aromatic carbocycles. The first-order valence-electron chi connectivity index (χ1n) is 11.0. The van der Waals surface area contributed by atoms with E-state index >= 15 is 0 Å². The van der Waals surface area contributed by atoms with Crippen molar-refractivity contribution in [2.45, 2.75) is 64.3 Å². The van der Waals surface area contributed by atoms with Gasteiger partial charge in [-0.05, 0) is 61.2 Å². The van der Waals surface area contributed by atoms with E-state index in [2.05, 4.69) is 53.2 Å². The first-order valence-corrected chi connectivity index (χ1v) is 11.0. The lowest BCUT2D eigenvalue weighted by Gasteiger charge is -2.22. The van der Waals surface area contributed by atoms with E-state index in [-0.39, 0.29) is 5.92 Å². The number of aryl methyl sites for hydroxylation is 1. The Labute approximate surface area is 180 Å². The van der Waals surface area contributed by atoms with E-state index in [1.807, 2.05) is 36.9 Å². The lowest BCUT2D eigenvalue weighted by molar-refractivity contribution is 0.461. The number of anilines is 1. The quantitative estimate of drug-likeness (QED) is 0.522. The molecule has 2 N–H and O–H groups in total. The van der Waals surface area contributed by atoms with Crippen molar-refractivity contribution in [1.82, 2.24) is 20.3 Å². The predicted molar refractivity (Wildman–Crippen MR) is 125 cm³/mol. The molecule has 0 saturated heterocycles. The maximum Gasteiger partial charge on any atom is 0.223 e. The molecule has 0 bridgehead atoms. The summed E-state index contributed by atoms with van der Waals surface area (Å²) in [6, 6.07) is 4.65. The molecular formula is C25H33N5. The van der Waals surface area contributed by atoms with Gasteiger partial charge < -0.3 is 10.6 Å². The number of hydrogen-bond donors (Lipinski definition) is 2. The zero-order valence-electron chi connectivity index (χ0n) is 18.1. The fourth-order valence-electron chi connectivity index (χ4n) is 3.90. The first-order chi connectivity index (χ1) is 14.7. The summed E-state index contributed by atoms with van der Waals surface area (Å²) in [5.74, 6) is 0.964. The number of rotatable bonds is 9. The smallest absolute Gasteiger partial charge is 0.223 e. The lowest BCUT2D eigenvalue weighted by Crippen LogP contribution is -2.23. The number of pyridine rings is 1. The van der Waals surface area contributed by atoms with Crippen molar-refractivity contribution in [2.75, 3.05) is 5.32 Å². The summed E-state index contributed by atoms with van der Waals surface area (Å²) >= 11 is 0. The average molecular weight is 404 g/mol. The largest absolute Gasteiger partial charge is 0.368 e. The van der Waals surface area contributed by atoms with Crippen LogP contribution in [0.2, 0.25) is 0 Å². The van der Waals surface area contributed by atoms with Crippen LogP contribution in [-0.2, 0) is 0 Å². The van der Waals surface area contributed by atoms with Crippen molar-refractivity contribution in [3.8, 4) is 0 Å². The van der Waals surface area contributed by atoms with Gasteiger partial charge in [0.1, 0.15) is 0 Å². The molecule has 30 heavy (non-hydrogen) atoms. The van der Waals surface area contributed by atoms with Crippen molar-refractivity contribution < 1.29 is 0 Å². The Kier molecular flexibility index (Phi) is 8.19. The Morgan fingerprint density at radius 1 is 1.27 bits per heavy atom. The third-order valence-corrected chi connectivity index (χ3v) is 5.51. The van der Waals surface area contributed by atoms with Gasteiger partial charge in [-0.2, -0.15) is 0 Å². The Hall–Kier alpha value is -2.95. The van der Waals surface area contributed by atoms with Gasteiger partial charge in [-0.1, -0.05) is 44.9 Å². The van der Waals surface area contributed by atoms with Gasteiger partial charge in [0.2, 0.25) is 5.95 Å². The van der Waals surface area contributed by atoms with E-state index in [0.717, 1.165) is 17.7 Å². The van der Waals surface area contributed by atoms with Crippen molar-refractivity contribution >= 4 is 11.5 Å². The predicted octanol–water partition coefficient (Wildman–Crippen LogP) is 5.75. The van der Waals surface area contributed by atoms with Gasteiger partial charge in [0.25, 0.3) is 0 Å². The van der Waals surface area contributed by atoms with Crippen LogP contribution in [0.3, 0.4) is 0 Å². The highest BCUT2D eigenvalue weighted by Gasteiger charge is 2.15. The summed E-state index contributed by atoms with van der Waals surface area (Å²) in [6.45, 7) is 7.99. The molecule has 0 aliphatic heterocycles. The van der Waals surface area contributed by atoms with E-state index in [0.29, 0.717) is 12.0 Å². The molecule has 1 aliphatic carbocycles. The number of nitrogens with zero attached hydrogens (tertiary/aromatic N) is 3. The third kappa shape index (κ3) is 6.28. The van der Waals surface area contributed by atoms with Gasteiger partial charge in [-0.25, -0.2) is 9.97 Å². The molecule has 5 nitrogen and oxygen atoms in total. The number of nitrogens with one attached hydrogen (secondary N) is 2. The molecule has 158 valence electrons. The molecular weight excluding hydrogens is 370 g/mol. The van der Waals surface area contributed by atoms with Crippen molar-refractivity contribution in [3.63, 3.8) is 0 Å². The molecule has 0 amide bonds. The van der Waals surface area contributed by atoms with E-state index in [4.69, 9.17) is 4.98 Å². The van der Waals surface area contributed by atoms with Gasteiger partial charge in [-0.3, -0.25) is 4.98 Å². The highest BCUT2D eigenvalue weighted by Crippen LogP contribution is 2.27. The molecule has 1 atom stereocenters. The molecule has 0 spiro atoms. The minimum atomic E-state index is 0.255. The Morgan fingerprint density at radius 3 is 2.83 bits per heavy atom. The molecule has 2 heterocycles. The zero-order valence-corrected chi connectivity index (χ0v) is 18.1. The van der Waals surface area contributed by atoms with Gasteiger partial charge in [0, 0.05) is 36.8 Å². The molecule has 1 fully saturated rings. The Morgan fingerprint density at radius 2 is 2.10 bits per heavy atom. The summed E-state index contributed by atoms with van der Waals surface area (Å²) in [6.07, 6.45) is 20.8. The molecule has 2 aromatic rings. The number of hydrogen-bond acceptors (Lipinski definition) is 5. The van der Waals surface area contributed by atoms with Gasteiger partial charge in [0.15, 0.2) is 0 Å². The van der Waals surface area contributed by atoms with Crippen molar-refractivity contribution in [3.05, 3.63) is 78.7 Å². The number of allylic oxidation sites excluding steroid dienone is 3. The molecule has 1 saturated carbocycles. The second-order valence-corrected chi connectivity index (χ2v) is 7.88. The van der Waals surface area contributed by atoms with E-state index < -0.39 is 0 Å². The molecule has 2 aromatic heterocycles. The summed E-state index contributed by atoms with van der Waals surface area (Å²) in [7, 11) is 0. The third-order valence-electron chi connectivity index (χ3n) is 5.51. The van der Waals surface area contributed by atoms with Crippen LogP contribution in [0.15, 0.2) is 61.9 Å². The lowest BCUT2D eigenvalue weighted by atomic mass is 9.93. The minimum Gasteiger partial charge on any atom is -0.368 e. The fraction of sp³-hybridized carbons (Fsp3) is 0.400. The Bertz CT molecular complexity index is 881. The topological polar surface area (TPSA) is 62.7 Å². The summed E-state index contributed by atoms with van der Waals surface area (Å²) in [5, 5.41) is 6.57. The summed E-state index contributed by atoms with van der Waals surface area (Å²) in [4.78, 5) is 13.7. The molecule has 0 radical (unpaired) electrons. The fourth-order valence-corrected chi connectivity index (χ4v) is 3.90. The van der Waals surface area contributed by atoms with Crippen LogP contribution in [-0.4, -0.2) is 21.0 Å². The van der Waals surface area contributed by atoms with E-state index in [1.54, 1.807) is 6.20 Å². The summed E-state index contributed by atoms with van der Waals surface area (Å²) < 4.78 is 0. The van der Waals surface area contributed by atoms with Crippen LogP contribution < -0.4 is 10.6 Å². The van der Waals surface area contributed by atoms with Gasteiger partial charge >= 0.3 is 0 Å². The second kappa shape index (κ2) is 11.3. The van der Waals surface area contributed by atoms with Crippen molar-refractivity contribution in [1.29, 1.82) is 0 Å². The van der Waals surface area contributed by atoms with Crippen LogP contribution in [0.25, 0.3) is 5.57 Å². The maximum atomic E-state index is 4.83. The molecule has 1 aliphatic rings. The van der Waals surface area contributed by atoms with Crippen LogP contribution in [0.4, 0.5) is 5.95 Å². The molecule has 3 rings (SSSR count). The van der Waals surface area contributed by atoms with Crippen LogP contribution >= 0.6 is 0 Å². The van der Waals surface area contributed by atoms with Crippen LogP contribution in [0.5, 0.6) is 0 Å². The SMILES string of the molecule is C=CN/C=C\C(=C/C(CC)c1cncc(C)c1)c1ccnc(NC2CCCCC2)n1. The van der Waals surface area contributed by atoms with E-state index in [9.17, 15) is 0 Å².